The summed E-state index contributed by atoms with van der Waals surface area (Å²) in [5, 5.41) is 0. The molecule has 1 unspecified atom stereocenters. The van der Waals surface area contributed by atoms with E-state index in [1.54, 1.807) is 6.92 Å². The van der Waals surface area contributed by atoms with Crippen LogP contribution in [0, 0.1) is 5.92 Å². The number of carbonyl (C=O) groups excluding carboxylic acids is 1. The number of hydrogen-bond donors (Lipinski definition) is 0. The molecule has 0 spiro atoms. The van der Waals surface area contributed by atoms with Crippen LogP contribution in [0.4, 0.5) is 0 Å². The third-order valence-electron chi connectivity index (χ3n) is 1.64. The van der Waals surface area contributed by atoms with Gasteiger partial charge in [-0.2, -0.15) is 0 Å². The lowest BCUT2D eigenvalue weighted by Gasteiger charge is -2.21. The SMILES string of the molecule is CCOC(OCC)C(C)C(=O)OC. The van der Waals surface area contributed by atoms with Crippen LogP contribution in [0.15, 0.2) is 0 Å². The molecule has 0 aromatic heterocycles. The van der Waals surface area contributed by atoms with Crippen molar-refractivity contribution in [1.29, 1.82) is 0 Å². The van der Waals surface area contributed by atoms with E-state index in [0.29, 0.717) is 13.2 Å². The van der Waals surface area contributed by atoms with Crippen molar-refractivity contribution in [3.63, 3.8) is 0 Å². The van der Waals surface area contributed by atoms with Crippen molar-refractivity contribution in [3.05, 3.63) is 0 Å². The molecule has 0 aromatic rings. The number of hydrogen-bond acceptors (Lipinski definition) is 4. The largest absolute Gasteiger partial charge is 0.469 e. The lowest BCUT2D eigenvalue weighted by Crippen LogP contribution is -2.31. The molecular weight excluding hydrogens is 172 g/mol. The van der Waals surface area contributed by atoms with Crippen LogP contribution in [-0.4, -0.2) is 32.6 Å². The predicted molar refractivity (Wildman–Crippen MR) is 48.2 cm³/mol. The molecule has 0 aliphatic heterocycles. The molecule has 0 aromatic carbocycles. The first-order valence-electron chi connectivity index (χ1n) is 4.48. The molecule has 0 radical (unpaired) electrons. The van der Waals surface area contributed by atoms with E-state index in [0.717, 1.165) is 0 Å². The van der Waals surface area contributed by atoms with Gasteiger partial charge in [-0.05, 0) is 20.8 Å². The molecule has 4 heteroatoms. The highest BCUT2D eigenvalue weighted by Gasteiger charge is 2.25. The van der Waals surface area contributed by atoms with Crippen molar-refractivity contribution in [2.75, 3.05) is 20.3 Å². The first-order valence-corrected chi connectivity index (χ1v) is 4.48. The number of methoxy groups -OCH3 is 1. The van der Waals surface area contributed by atoms with E-state index in [-0.39, 0.29) is 11.9 Å². The van der Waals surface area contributed by atoms with Crippen LogP contribution in [0.2, 0.25) is 0 Å². The Bertz CT molecular complexity index is 141. The average molecular weight is 190 g/mol. The number of esters is 1. The minimum atomic E-state index is -0.498. The molecule has 4 nitrogen and oxygen atoms in total. The van der Waals surface area contributed by atoms with Gasteiger partial charge in [0.1, 0.15) is 5.92 Å². The van der Waals surface area contributed by atoms with Gasteiger partial charge in [-0.3, -0.25) is 4.79 Å². The van der Waals surface area contributed by atoms with E-state index in [1.807, 2.05) is 13.8 Å². The van der Waals surface area contributed by atoms with Crippen molar-refractivity contribution < 1.29 is 19.0 Å². The summed E-state index contributed by atoms with van der Waals surface area (Å²) < 4.78 is 15.1. The zero-order valence-corrected chi connectivity index (χ0v) is 8.70. The molecule has 0 amide bonds. The van der Waals surface area contributed by atoms with Gasteiger partial charge in [0, 0.05) is 13.2 Å². The van der Waals surface area contributed by atoms with Crippen LogP contribution in [-0.2, 0) is 19.0 Å². The second-order valence-electron chi connectivity index (χ2n) is 2.59. The molecule has 0 saturated heterocycles. The Balaban J connectivity index is 4.08. The fourth-order valence-electron chi connectivity index (χ4n) is 0.962. The van der Waals surface area contributed by atoms with Crippen LogP contribution >= 0.6 is 0 Å². The van der Waals surface area contributed by atoms with E-state index in [4.69, 9.17) is 9.47 Å². The molecule has 0 N–H and O–H groups in total. The quantitative estimate of drug-likeness (QED) is 0.466. The Morgan fingerprint density at radius 1 is 1.23 bits per heavy atom. The molecule has 0 heterocycles. The van der Waals surface area contributed by atoms with Crippen LogP contribution in [0.25, 0.3) is 0 Å². The van der Waals surface area contributed by atoms with Crippen molar-refractivity contribution in [2.45, 2.75) is 27.1 Å². The Kier molecular flexibility index (Phi) is 6.54. The van der Waals surface area contributed by atoms with E-state index in [2.05, 4.69) is 4.74 Å². The normalized spacial score (nSPS) is 13.0. The maximum atomic E-state index is 11.1. The number of carbonyl (C=O) groups is 1. The minimum Gasteiger partial charge on any atom is -0.469 e. The smallest absolute Gasteiger partial charge is 0.313 e. The van der Waals surface area contributed by atoms with E-state index in [9.17, 15) is 4.79 Å². The molecule has 0 aliphatic carbocycles. The summed E-state index contributed by atoms with van der Waals surface area (Å²) in [5.41, 5.74) is 0. The average Bonchev–Trinajstić information content (AvgIpc) is 2.15. The summed E-state index contributed by atoms with van der Waals surface area (Å²) in [5.74, 6) is -0.697. The van der Waals surface area contributed by atoms with Crippen molar-refractivity contribution in [2.24, 2.45) is 5.92 Å². The minimum absolute atomic E-state index is 0.313. The standard InChI is InChI=1S/C9H18O4/c1-5-12-9(13-6-2)7(3)8(10)11-4/h7,9H,5-6H2,1-4H3. The van der Waals surface area contributed by atoms with Crippen molar-refractivity contribution in [3.8, 4) is 0 Å². The molecule has 0 saturated carbocycles. The molecule has 0 rings (SSSR count). The van der Waals surface area contributed by atoms with Crippen LogP contribution in [0.3, 0.4) is 0 Å². The van der Waals surface area contributed by atoms with Crippen LogP contribution in [0.1, 0.15) is 20.8 Å². The highest BCUT2D eigenvalue weighted by molar-refractivity contribution is 5.72. The zero-order chi connectivity index (χ0) is 10.3. The molecule has 0 fully saturated rings. The molecule has 78 valence electrons. The van der Waals surface area contributed by atoms with E-state index in [1.165, 1.54) is 7.11 Å². The van der Waals surface area contributed by atoms with Crippen molar-refractivity contribution >= 4 is 5.97 Å². The Morgan fingerprint density at radius 2 is 1.69 bits per heavy atom. The molecule has 1 atom stereocenters. The maximum absolute atomic E-state index is 11.1. The van der Waals surface area contributed by atoms with E-state index >= 15 is 0 Å². The summed E-state index contributed by atoms with van der Waals surface area (Å²) in [4.78, 5) is 11.1. The molecule has 0 aliphatic rings. The fraction of sp³-hybridized carbons (Fsp3) is 0.889. The highest BCUT2D eigenvalue weighted by Crippen LogP contribution is 2.10. The first-order chi connectivity index (χ1) is 6.17. The summed E-state index contributed by atoms with van der Waals surface area (Å²) in [7, 11) is 1.35. The van der Waals surface area contributed by atoms with Gasteiger partial charge in [-0.1, -0.05) is 0 Å². The Hall–Kier alpha value is -0.610. The lowest BCUT2D eigenvalue weighted by atomic mass is 10.2. The summed E-state index contributed by atoms with van der Waals surface area (Å²) in [6, 6.07) is 0. The maximum Gasteiger partial charge on any atom is 0.313 e. The zero-order valence-electron chi connectivity index (χ0n) is 8.70. The second-order valence-corrected chi connectivity index (χ2v) is 2.59. The number of ether oxygens (including phenoxy) is 3. The second kappa shape index (κ2) is 6.86. The third kappa shape index (κ3) is 4.24. The summed E-state index contributed by atoms with van der Waals surface area (Å²) >= 11 is 0. The third-order valence-corrected chi connectivity index (χ3v) is 1.64. The Morgan fingerprint density at radius 3 is 2.00 bits per heavy atom. The van der Waals surface area contributed by atoms with Gasteiger partial charge in [-0.15, -0.1) is 0 Å². The molecule has 13 heavy (non-hydrogen) atoms. The van der Waals surface area contributed by atoms with Gasteiger partial charge in [0.2, 0.25) is 0 Å². The van der Waals surface area contributed by atoms with Crippen LogP contribution < -0.4 is 0 Å². The van der Waals surface area contributed by atoms with Crippen LogP contribution in [0.5, 0.6) is 0 Å². The highest BCUT2D eigenvalue weighted by atomic mass is 16.7. The topological polar surface area (TPSA) is 44.8 Å². The molecular formula is C9H18O4. The lowest BCUT2D eigenvalue weighted by molar-refractivity contribution is -0.184. The monoisotopic (exact) mass is 190 g/mol. The van der Waals surface area contributed by atoms with Gasteiger partial charge in [-0.25, -0.2) is 0 Å². The summed E-state index contributed by atoms with van der Waals surface area (Å²) in [6.45, 7) is 6.48. The summed E-state index contributed by atoms with van der Waals surface area (Å²) in [6.07, 6.45) is -0.498. The van der Waals surface area contributed by atoms with E-state index < -0.39 is 6.29 Å². The number of rotatable bonds is 6. The van der Waals surface area contributed by atoms with Gasteiger partial charge in [0.15, 0.2) is 6.29 Å². The molecule has 0 bridgehead atoms. The van der Waals surface area contributed by atoms with Crippen molar-refractivity contribution in [1.82, 2.24) is 0 Å². The fourth-order valence-corrected chi connectivity index (χ4v) is 0.962. The first kappa shape index (κ1) is 12.4. The van der Waals surface area contributed by atoms with Gasteiger partial charge in [0.25, 0.3) is 0 Å². The van der Waals surface area contributed by atoms with Gasteiger partial charge >= 0.3 is 5.97 Å². The van der Waals surface area contributed by atoms with Gasteiger partial charge in [0.05, 0.1) is 7.11 Å². The Labute approximate surface area is 79.2 Å². The van der Waals surface area contributed by atoms with Gasteiger partial charge < -0.3 is 14.2 Å². The predicted octanol–water partition coefficient (Wildman–Crippen LogP) is 1.19.